The van der Waals surface area contributed by atoms with Crippen LogP contribution in [0.2, 0.25) is 5.02 Å². The van der Waals surface area contributed by atoms with E-state index in [4.69, 9.17) is 11.6 Å². The van der Waals surface area contributed by atoms with Crippen LogP contribution >= 0.6 is 22.9 Å². The molecule has 0 radical (unpaired) electrons. The molecule has 0 bridgehead atoms. The molecule has 2 saturated heterocycles. The molecule has 0 N–H and O–H groups in total. The molecule has 3 aliphatic rings. The first kappa shape index (κ1) is 21.1. The molecule has 6 rings (SSSR count). The standard InChI is InChI=1S/C25H25ClN4O2S/c1-28-12-17(13-28)29-8-2-3-15-9-16(26)10-20(24(15)29)19-6-7-27-21-11-18(33-25(19)21)14-30-22(31)4-5-23(30)32/h6-7,9-11,17H,2-5,8,12-14H2,1H3. The monoisotopic (exact) mass is 480 g/mol. The van der Waals surface area contributed by atoms with E-state index in [9.17, 15) is 9.59 Å². The van der Waals surface area contributed by atoms with Crippen LogP contribution in [-0.4, -0.2) is 59.3 Å². The summed E-state index contributed by atoms with van der Waals surface area (Å²) in [6.45, 7) is 3.54. The zero-order valence-corrected chi connectivity index (χ0v) is 20.1. The summed E-state index contributed by atoms with van der Waals surface area (Å²) < 4.78 is 1.08. The van der Waals surface area contributed by atoms with Crippen molar-refractivity contribution >= 4 is 50.7 Å². The number of likely N-dealkylation sites (N-methyl/N-ethyl adjacent to an activating group) is 1. The number of imide groups is 1. The highest BCUT2D eigenvalue weighted by molar-refractivity contribution is 7.19. The van der Waals surface area contributed by atoms with Gasteiger partial charge in [0.05, 0.1) is 22.8 Å². The van der Waals surface area contributed by atoms with E-state index in [0.717, 1.165) is 63.7 Å². The number of amides is 2. The van der Waals surface area contributed by atoms with E-state index in [0.29, 0.717) is 25.4 Å². The van der Waals surface area contributed by atoms with Gasteiger partial charge in [-0.15, -0.1) is 11.3 Å². The van der Waals surface area contributed by atoms with Gasteiger partial charge in [-0.3, -0.25) is 19.5 Å². The molecular formula is C25H25ClN4O2S. The molecule has 8 heteroatoms. The Kier molecular flexibility index (Phi) is 5.16. The summed E-state index contributed by atoms with van der Waals surface area (Å²) in [6, 6.07) is 8.82. The Morgan fingerprint density at radius 3 is 2.64 bits per heavy atom. The molecule has 3 aromatic rings. The molecule has 0 saturated carbocycles. The highest BCUT2D eigenvalue weighted by Gasteiger charge is 2.34. The average molecular weight is 481 g/mol. The lowest BCUT2D eigenvalue weighted by molar-refractivity contribution is -0.138. The van der Waals surface area contributed by atoms with Gasteiger partial charge < -0.3 is 9.80 Å². The van der Waals surface area contributed by atoms with E-state index < -0.39 is 0 Å². The lowest BCUT2D eigenvalue weighted by atomic mass is 9.91. The molecule has 2 amide bonds. The van der Waals surface area contributed by atoms with Crippen LogP contribution in [0.25, 0.3) is 21.3 Å². The fraction of sp³-hybridized carbons (Fsp3) is 0.400. The highest BCUT2D eigenvalue weighted by Crippen LogP contribution is 2.45. The van der Waals surface area contributed by atoms with Crippen molar-refractivity contribution in [1.29, 1.82) is 0 Å². The Morgan fingerprint density at radius 1 is 1.09 bits per heavy atom. The van der Waals surface area contributed by atoms with Gasteiger partial charge >= 0.3 is 0 Å². The van der Waals surface area contributed by atoms with Crippen LogP contribution < -0.4 is 4.90 Å². The summed E-state index contributed by atoms with van der Waals surface area (Å²) in [5.41, 5.74) is 5.78. The van der Waals surface area contributed by atoms with Gasteiger partial charge in [0.15, 0.2) is 0 Å². The maximum absolute atomic E-state index is 12.1. The number of anilines is 1. The predicted octanol–water partition coefficient (Wildman–Crippen LogP) is 4.33. The van der Waals surface area contributed by atoms with Gasteiger partial charge in [-0.1, -0.05) is 11.6 Å². The maximum Gasteiger partial charge on any atom is 0.230 e. The van der Waals surface area contributed by atoms with E-state index in [1.807, 2.05) is 12.3 Å². The number of hydrogen-bond acceptors (Lipinski definition) is 6. The fourth-order valence-electron chi connectivity index (χ4n) is 5.40. The van der Waals surface area contributed by atoms with Crippen LogP contribution in [-0.2, 0) is 22.6 Å². The number of benzene rings is 1. The Balaban J connectivity index is 1.45. The molecule has 0 atom stereocenters. The summed E-state index contributed by atoms with van der Waals surface area (Å²) in [4.78, 5) is 36.1. The predicted molar refractivity (Wildman–Crippen MR) is 132 cm³/mol. The van der Waals surface area contributed by atoms with Gasteiger partial charge in [0.1, 0.15) is 0 Å². The van der Waals surface area contributed by atoms with Gasteiger partial charge in [0.25, 0.3) is 0 Å². The number of pyridine rings is 1. The number of thiophene rings is 1. The van der Waals surface area contributed by atoms with E-state index in [1.54, 1.807) is 11.3 Å². The largest absolute Gasteiger partial charge is 0.365 e. The average Bonchev–Trinajstić information content (AvgIpc) is 3.33. The van der Waals surface area contributed by atoms with Crippen molar-refractivity contribution in [2.45, 2.75) is 38.3 Å². The Labute approximate surface area is 201 Å². The number of fused-ring (bicyclic) bond motifs is 2. The number of rotatable bonds is 4. The zero-order chi connectivity index (χ0) is 22.7. The van der Waals surface area contributed by atoms with E-state index in [1.165, 1.54) is 16.2 Å². The summed E-state index contributed by atoms with van der Waals surface area (Å²) in [6.07, 6.45) is 4.64. The second kappa shape index (κ2) is 8.08. The van der Waals surface area contributed by atoms with E-state index in [2.05, 4.69) is 40.0 Å². The zero-order valence-electron chi connectivity index (χ0n) is 18.5. The lowest BCUT2D eigenvalue weighted by Gasteiger charge is -2.47. The number of halogens is 1. The van der Waals surface area contributed by atoms with Crippen molar-refractivity contribution in [3.8, 4) is 11.1 Å². The molecule has 6 nitrogen and oxygen atoms in total. The maximum atomic E-state index is 12.1. The van der Waals surface area contributed by atoms with Crippen molar-refractivity contribution in [3.63, 3.8) is 0 Å². The second-order valence-corrected chi connectivity index (χ2v) is 10.9. The molecule has 5 heterocycles. The quantitative estimate of drug-likeness (QED) is 0.520. The highest BCUT2D eigenvalue weighted by atomic mass is 35.5. The number of likely N-dealkylation sites (tertiary alicyclic amines) is 2. The van der Waals surface area contributed by atoms with E-state index >= 15 is 0 Å². The van der Waals surface area contributed by atoms with Crippen molar-refractivity contribution in [2.24, 2.45) is 0 Å². The molecule has 2 fully saturated rings. The molecule has 2 aromatic heterocycles. The first-order valence-corrected chi connectivity index (χ1v) is 12.7. The van der Waals surface area contributed by atoms with Crippen LogP contribution in [0.3, 0.4) is 0 Å². The molecule has 1 aromatic carbocycles. The Bertz CT molecular complexity index is 1270. The molecule has 3 aliphatic heterocycles. The van der Waals surface area contributed by atoms with Crippen LogP contribution in [0.5, 0.6) is 0 Å². The molecule has 170 valence electrons. The number of carbonyl (C=O) groups is 2. The minimum Gasteiger partial charge on any atom is -0.365 e. The number of hydrogen-bond donors (Lipinski definition) is 0. The number of nitrogens with zero attached hydrogens (tertiary/aromatic N) is 4. The third kappa shape index (κ3) is 3.63. The number of aryl methyl sites for hydroxylation is 1. The minimum atomic E-state index is -0.0874. The normalized spacial score (nSPS) is 19.5. The lowest BCUT2D eigenvalue weighted by Crippen LogP contribution is -2.59. The third-order valence-corrected chi connectivity index (χ3v) is 8.35. The SMILES string of the molecule is CN1CC(N2CCCc3cc(Cl)cc(-c4ccnc5cc(CN6C(=O)CCC6=O)sc45)c32)C1. The fourth-order valence-corrected chi connectivity index (χ4v) is 6.77. The van der Waals surface area contributed by atoms with Gasteiger partial charge in [0, 0.05) is 65.4 Å². The minimum absolute atomic E-state index is 0.0874. The van der Waals surface area contributed by atoms with Gasteiger partial charge in [-0.2, -0.15) is 0 Å². The Hall–Kier alpha value is -2.48. The summed E-state index contributed by atoms with van der Waals surface area (Å²) in [5, 5.41) is 0.756. The first-order chi connectivity index (χ1) is 16.0. The van der Waals surface area contributed by atoms with Crippen LogP contribution in [0, 0.1) is 0 Å². The first-order valence-electron chi connectivity index (χ1n) is 11.5. The molecular weight excluding hydrogens is 456 g/mol. The topological polar surface area (TPSA) is 56.8 Å². The van der Waals surface area contributed by atoms with Gasteiger partial charge in [0.2, 0.25) is 11.8 Å². The van der Waals surface area contributed by atoms with Crippen LogP contribution in [0.4, 0.5) is 5.69 Å². The van der Waals surface area contributed by atoms with Gasteiger partial charge in [-0.05, 0) is 49.7 Å². The van der Waals surface area contributed by atoms with Crippen LogP contribution in [0.1, 0.15) is 29.7 Å². The van der Waals surface area contributed by atoms with Crippen molar-refractivity contribution < 1.29 is 9.59 Å². The van der Waals surface area contributed by atoms with Crippen molar-refractivity contribution in [3.05, 3.63) is 45.9 Å². The van der Waals surface area contributed by atoms with Crippen molar-refractivity contribution in [1.82, 2.24) is 14.8 Å². The van der Waals surface area contributed by atoms with Gasteiger partial charge in [-0.25, -0.2) is 0 Å². The molecule has 33 heavy (non-hydrogen) atoms. The van der Waals surface area contributed by atoms with Crippen molar-refractivity contribution in [2.75, 3.05) is 31.6 Å². The molecule has 0 spiro atoms. The summed E-state index contributed by atoms with van der Waals surface area (Å²) in [7, 11) is 2.17. The number of aromatic nitrogens is 1. The van der Waals surface area contributed by atoms with Crippen LogP contribution in [0.15, 0.2) is 30.5 Å². The third-order valence-electron chi connectivity index (χ3n) is 6.99. The second-order valence-electron chi connectivity index (χ2n) is 9.29. The molecule has 0 aliphatic carbocycles. The smallest absolute Gasteiger partial charge is 0.230 e. The van der Waals surface area contributed by atoms with E-state index in [-0.39, 0.29) is 11.8 Å². The summed E-state index contributed by atoms with van der Waals surface area (Å²) in [5.74, 6) is -0.175. The molecule has 0 unspecified atom stereocenters. The Morgan fingerprint density at radius 2 is 1.88 bits per heavy atom. The number of carbonyl (C=O) groups excluding carboxylic acids is 2. The summed E-state index contributed by atoms with van der Waals surface area (Å²) >= 11 is 8.23.